The summed E-state index contributed by atoms with van der Waals surface area (Å²) >= 11 is 0. The van der Waals surface area contributed by atoms with E-state index in [0.717, 1.165) is 47.3 Å². The van der Waals surface area contributed by atoms with Crippen molar-refractivity contribution in [2.24, 2.45) is 0 Å². The van der Waals surface area contributed by atoms with E-state index in [1.165, 1.54) is 11.1 Å². The fourth-order valence-corrected chi connectivity index (χ4v) is 3.79. The monoisotopic (exact) mass is 415 g/mol. The third-order valence-electron chi connectivity index (χ3n) is 5.76. The third-order valence-corrected chi connectivity index (χ3v) is 5.76. The maximum atomic E-state index is 13.6. The number of hydrogen-bond donors (Lipinski definition) is 2. The maximum Gasteiger partial charge on any atom is 0.326 e. The number of nitrogens with two attached hydrogens (primary N) is 1. The van der Waals surface area contributed by atoms with Crippen molar-refractivity contribution >= 4 is 23.1 Å². The van der Waals surface area contributed by atoms with Crippen molar-refractivity contribution in [1.29, 1.82) is 0 Å². The van der Waals surface area contributed by atoms with E-state index in [1.807, 2.05) is 24.3 Å². The summed E-state index contributed by atoms with van der Waals surface area (Å²) < 4.78 is 0. The Hall–Kier alpha value is -3.27. The first kappa shape index (κ1) is 22.4. The quantitative estimate of drug-likeness (QED) is 0.433. The molecular weight excluding hydrogens is 382 g/mol. The van der Waals surface area contributed by atoms with Gasteiger partial charge >= 0.3 is 6.03 Å². The third kappa shape index (κ3) is 5.26. The Balaban J connectivity index is 1.97. The van der Waals surface area contributed by atoms with Crippen LogP contribution in [0, 0.1) is 6.92 Å². The number of carbonyl (C=O) groups is 1. The zero-order valence-electron chi connectivity index (χ0n) is 19.0. The van der Waals surface area contributed by atoms with E-state index in [9.17, 15) is 4.79 Å². The van der Waals surface area contributed by atoms with Crippen molar-refractivity contribution in [3.63, 3.8) is 0 Å². The molecule has 31 heavy (non-hydrogen) atoms. The first-order valence-corrected chi connectivity index (χ1v) is 11.1. The fourth-order valence-electron chi connectivity index (χ4n) is 3.79. The average molecular weight is 416 g/mol. The lowest BCUT2D eigenvalue weighted by Gasteiger charge is -2.26. The molecule has 0 bridgehead atoms. The highest BCUT2D eigenvalue weighted by atomic mass is 16.2. The largest absolute Gasteiger partial charge is 0.398 e. The number of anilines is 3. The van der Waals surface area contributed by atoms with Gasteiger partial charge in [-0.1, -0.05) is 68.8 Å². The summed E-state index contributed by atoms with van der Waals surface area (Å²) in [4.78, 5) is 15.4. The molecular formula is C27H33N3O. The molecule has 0 spiro atoms. The molecule has 4 nitrogen and oxygen atoms in total. The average Bonchev–Trinajstić information content (AvgIpc) is 2.79. The molecule has 3 aromatic rings. The summed E-state index contributed by atoms with van der Waals surface area (Å²) in [5, 5.41) is 3.19. The Kier molecular flexibility index (Phi) is 7.35. The van der Waals surface area contributed by atoms with Crippen LogP contribution in [-0.2, 0) is 25.8 Å². The molecule has 0 heterocycles. The molecule has 3 aromatic carbocycles. The number of carbonyl (C=O) groups excluding carboxylic acids is 1. The lowest BCUT2D eigenvalue weighted by atomic mass is 10.0. The van der Waals surface area contributed by atoms with Crippen LogP contribution in [0.25, 0.3) is 0 Å². The van der Waals surface area contributed by atoms with Crippen molar-refractivity contribution < 1.29 is 4.79 Å². The molecule has 0 fully saturated rings. The summed E-state index contributed by atoms with van der Waals surface area (Å²) in [6.45, 7) is 8.84. The Morgan fingerprint density at radius 1 is 0.839 bits per heavy atom. The molecule has 0 aromatic heterocycles. The van der Waals surface area contributed by atoms with E-state index >= 15 is 0 Å². The Bertz CT molecular complexity index is 1020. The minimum absolute atomic E-state index is 0.153. The molecule has 0 saturated carbocycles. The summed E-state index contributed by atoms with van der Waals surface area (Å²) in [7, 11) is 0. The van der Waals surface area contributed by atoms with E-state index in [2.05, 4.69) is 69.4 Å². The highest BCUT2D eigenvalue weighted by Crippen LogP contribution is 2.29. The predicted octanol–water partition coefficient (Wildman–Crippen LogP) is 6.50. The zero-order chi connectivity index (χ0) is 22.4. The van der Waals surface area contributed by atoms with Crippen molar-refractivity contribution in [3.8, 4) is 0 Å². The molecule has 0 aliphatic rings. The van der Waals surface area contributed by atoms with Crippen LogP contribution in [-0.4, -0.2) is 6.03 Å². The van der Waals surface area contributed by atoms with Crippen LogP contribution < -0.4 is 16.0 Å². The summed E-state index contributed by atoms with van der Waals surface area (Å²) in [5.41, 5.74) is 14.3. The van der Waals surface area contributed by atoms with Gasteiger partial charge in [0.2, 0.25) is 0 Å². The summed E-state index contributed by atoms with van der Waals surface area (Å²) in [6, 6.07) is 20.3. The van der Waals surface area contributed by atoms with E-state index in [4.69, 9.17) is 5.73 Å². The second-order valence-electron chi connectivity index (χ2n) is 7.90. The van der Waals surface area contributed by atoms with Crippen LogP contribution in [0.1, 0.15) is 48.6 Å². The highest BCUT2D eigenvalue weighted by Gasteiger charge is 2.20. The number of benzene rings is 3. The van der Waals surface area contributed by atoms with Gasteiger partial charge in [0.1, 0.15) is 0 Å². The molecule has 4 heteroatoms. The second kappa shape index (κ2) is 10.2. The van der Waals surface area contributed by atoms with Crippen molar-refractivity contribution in [3.05, 3.63) is 88.5 Å². The van der Waals surface area contributed by atoms with Crippen LogP contribution in [0.4, 0.5) is 21.9 Å². The lowest BCUT2D eigenvalue weighted by molar-refractivity contribution is 0.256. The minimum atomic E-state index is -0.153. The predicted molar refractivity (Wildman–Crippen MR) is 132 cm³/mol. The van der Waals surface area contributed by atoms with Crippen LogP contribution in [0.5, 0.6) is 0 Å². The van der Waals surface area contributed by atoms with Gasteiger partial charge in [-0.15, -0.1) is 0 Å². The molecule has 162 valence electrons. The van der Waals surface area contributed by atoms with E-state index < -0.39 is 0 Å². The zero-order valence-corrected chi connectivity index (χ0v) is 19.0. The van der Waals surface area contributed by atoms with Crippen LogP contribution in [0.2, 0.25) is 0 Å². The number of nitrogens with zero attached hydrogens (tertiary/aromatic N) is 1. The minimum Gasteiger partial charge on any atom is -0.398 e. The highest BCUT2D eigenvalue weighted by molar-refractivity contribution is 6.03. The van der Waals surface area contributed by atoms with E-state index in [0.29, 0.717) is 12.2 Å². The van der Waals surface area contributed by atoms with Gasteiger partial charge in [0, 0.05) is 11.4 Å². The number of nitrogen functional groups attached to an aromatic ring is 1. The van der Waals surface area contributed by atoms with E-state index in [-0.39, 0.29) is 6.03 Å². The number of aryl methyl sites for hydroxylation is 3. The SMILES string of the molecule is CCc1ccc(N(Cc2ccc(C)cc2)C(=O)Nc2c(CC)ccc(N)c2CC)cc1. The number of urea groups is 1. The van der Waals surface area contributed by atoms with Gasteiger partial charge in [-0.3, -0.25) is 4.90 Å². The summed E-state index contributed by atoms with van der Waals surface area (Å²) in [6.07, 6.45) is 2.55. The topological polar surface area (TPSA) is 58.4 Å². The van der Waals surface area contributed by atoms with Gasteiger partial charge in [0.05, 0.1) is 12.2 Å². The molecule has 3 rings (SSSR count). The van der Waals surface area contributed by atoms with Crippen molar-refractivity contribution in [2.75, 3.05) is 16.0 Å². The van der Waals surface area contributed by atoms with Crippen LogP contribution in [0.3, 0.4) is 0 Å². The van der Waals surface area contributed by atoms with Crippen LogP contribution >= 0.6 is 0 Å². The van der Waals surface area contributed by atoms with E-state index in [1.54, 1.807) is 4.90 Å². The Morgan fingerprint density at radius 3 is 2.06 bits per heavy atom. The summed E-state index contributed by atoms with van der Waals surface area (Å²) in [5.74, 6) is 0. The molecule has 0 aliphatic heterocycles. The molecule has 0 radical (unpaired) electrons. The molecule has 2 amide bonds. The second-order valence-corrected chi connectivity index (χ2v) is 7.90. The smallest absolute Gasteiger partial charge is 0.326 e. The van der Waals surface area contributed by atoms with Gasteiger partial charge < -0.3 is 11.1 Å². The molecule has 0 saturated heterocycles. The Labute approximate surface area is 186 Å². The number of nitrogens with one attached hydrogen (secondary N) is 1. The number of hydrogen-bond acceptors (Lipinski definition) is 2. The first-order chi connectivity index (χ1) is 15.0. The van der Waals surface area contributed by atoms with Gasteiger partial charge in [0.15, 0.2) is 0 Å². The van der Waals surface area contributed by atoms with Crippen molar-refractivity contribution in [2.45, 2.75) is 53.5 Å². The fraction of sp³-hybridized carbons (Fsp3) is 0.296. The number of rotatable bonds is 7. The van der Waals surface area contributed by atoms with Gasteiger partial charge in [-0.25, -0.2) is 4.79 Å². The van der Waals surface area contributed by atoms with Crippen LogP contribution in [0.15, 0.2) is 60.7 Å². The molecule has 0 atom stereocenters. The van der Waals surface area contributed by atoms with Crippen molar-refractivity contribution in [1.82, 2.24) is 0 Å². The normalized spacial score (nSPS) is 10.7. The van der Waals surface area contributed by atoms with Gasteiger partial charge in [-0.2, -0.15) is 0 Å². The van der Waals surface area contributed by atoms with Gasteiger partial charge in [-0.05, 0) is 66.6 Å². The first-order valence-electron chi connectivity index (χ1n) is 11.1. The molecule has 0 aliphatic carbocycles. The molecule has 3 N–H and O–H groups in total. The maximum absolute atomic E-state index is 13.6. The standard InChI is InChI=1S/C27H33N3O/c1-5-20-12-15-23(16-13-20)30(18-21-10-8-19(4)9-11-21)27(31)29-26-22(6-2)14-17-25(28)24(26)7-3/h8-17H,5-7,18,28H2,1-4H3,(H,29,31). The lowest BCUT2D eigenvalue weighted by Crippen LogP contribution is -2.35. The Morgan fingerprint density at radius 2 is 1.48 bits per heavy atom. The number of amides is 2. The molecule has 0 unspecified atom stereocenters. The van der Waals surface area contributed by atoms with Gasteiger partial charge in [0.25, 0.3) is 0 Å².